The lowest BCUT2D eigenvalue weighted by atomic mass is 9.89. The molecule has 0 saturated heterocycles. The second-order valence-corrected chi connectivity index (χ2v) is 11.8. The molecule has 0 saturated carbocycles. The first-order valence-corrected chi connectivity index (χ1v) is 13.8. The molecule has 1 aromatic heterocycles. The number of ether oxygens (including phenoxy) is 2. The Bertz CT molecular complexity index is 1030. The van der Waals surface area contributed by atoms with Crippen molar-refractivity contribution in [1.82, 2.24) is 10.5 Å². The van der Waals surface area contributed by atoms with Crippen molar-refractivity contribution in [2.75, 3.05) is 24.2 Å². The number of thiazole rings is 1. The molecule has 9 nitrogen and oxygen atoms in total. The Balaban J connectivity index is 1.35. The van der Waals surface area contributed by atoms with Gasteiger partial charge in [0.2, 0.25) is 5.91 Å². The van der Waals surface area contributed by atoms with Crippen molar-refractivity contribution in [1.29, 1.82) is 0 Å². The number of hydroxylamine groups is 1. The average Bonchev–Trinajstić information content (AvgIpc) is 3.52. The maximum absolute atomic E-state index is 12.6. The van der Waals surface area contributed by atoms with E-state index in [4.69, 9.17) is 14.7 Å². The number of carbonyl (C=O) groups excluding carboxylic acids is 2. The number of aliphatic imine (C=N–C) groups is 1. The number of hydrogen-bond donors (Lipinski definition) is 3. The second kappa shape index (κ2) is 13.6. The largest absolute Gasteiger partial charge is 0.494 e. The third kappa shape index (κ3) is 9.11. The summed E-state index contributed by atoms with van der Waals surface area (Å²) in [6, 6.07) is 7.00. The van der Waals surface area contributed by atoms with Gasteiger partial charge in [-0.25, -0.2) is 10.5 Å². The van der Waals surface area contributed by atoms with Gasteiger partial charge in [0.05, 0.1) is 29.3 Å². The number of rotatable bonds is 13. The molecular formula is C25H34N4O5S2. The molecule has 0 aliphatic carbocycles. The van der Waals surface area contributed by atoms with Gasteiger partial charge in [0.15, 0.2) is 11.0 Å². The summed E-state index contributed by atoms with van der Waals surface area (Å²) in [5.74, 6) is 1.52. The van der Waals surface area contributed by atoms with E-state index >= 15 is 0 Å². The molecule has 0 fully saturated rings. The molecule has 3 N–H and O–H groups in total. The molecule has 3 rings (SSSR count). The van der Waals surface area contributed by atoms with E-state index in [0.717, 1.165) is 35.8 Å². The normalized spacial score (nSPS) is 15.2. The summed E-state index contributed by atoms with van der Waals surface area (Å²) >= 11 is 3.02. The van der Waals surface area contributed by atoms with Crippen LogP contribution in [-0.2, 0) is 9.53 Å². The van der Waals surface area contributed by atoms with Gasteiger partial charge in [0, 0.05) is 17.4 Å². The van der Waals surface area contributed by atoms with Crippen molar-refractivity contribution in [3.63, 3.8) is 0 Å². The Morgan fingerprint density at radius 1 is 1.19 bits per heavy atom. The number of nitrogens with one attached hydrogen (secondary N) is 2. The molecule has 0 radical (unpaired) electrons. The standard InChI is InChI=1S/C25H34N4O5S2/c1-25(2,3)19-14-26-21(34-19)16-35-22-15-27-24(36-22)28-23(31)17-9-11-18(12-10-17)33-13-7-5-4-6-8-20(30)29-32/h9-12,15,19,32H,4-8,13-14,16H2,1-3H3,(H,29,30)(H,27,28,31). The number of carbonyl (C=O) groups is 2. The SMILES string of the molecule is CC(C)(C)C1CN=C(CSc2cnc(NC(=O)c3ccc(OCCCCCCC(=O)NO)cc3)s2)O1. The molecule has 11 heteroatoms. The molecule has 2 amide bonds. The van der Waals surface area contributed by atoms with Crippen molar-refractivity contribution < 1.29 is 24.3 Å². The van der Waals surface area contributed by atoms with Crippen LogP contribution in [0.3, 0.4) is 0 Å². The average molecular weight is 535 g/mol. The Hall–Kier alpha value is -2.63. The first kappa shape index (κ1) is 27.9. The van der Waals surface area contributed by atoms with E-state index in [0.29, 0.717) is 41.8 Å². The van der Waals surface area contributed by atoms with Gasteiger partial charge < -0.3 is 9.47 Å². The van der Waals surface area contributed by atoms with E-state index in [9.17, 15) is 9.59 Å². The molecule has 36 heavy (non-hydrogen) atoms. The molecule has 1 aromatic carbocycles. The van der Waals surface area contributed by atoms with Crippen LogP contribution in [0.5, 0.6) is 5.75 Å². The smallest absolute Gasteiger partial charge is 0.257 e. The zero-order chi connectivity index (χ0) is 26.0. The highest BCUT2D eigenvalue weighted by atomic mass is 32.2. The third-order valence-electron chi connectivity index (χ3n) is 5.53. The molecule has 196 valence electrons. The van der Waals surface area contributed by atoms with Crippen LogP contribution in [0, 0.1) is 5.41 Å². The summed E-state index contributed by atoms with van der Waals surface area (Å²) in [6.45, 7) is 7.71. The summed E-state index contributed by atoms with van der Waals surface area (Å²) in [4.78, 5) is 32.3. The number of amides is 2. The highest BCUT2D eigenvalue weighted by Crippen LogP contribution is 2.31. The van der Waals surface area contributed by atoms with Crippen molar-refractivity contribution >= 4 is 45.9 Å². The second-order valence-electron chi connectivity index (χ2n) is 9.51. The van der Waals surface area contributed by atoms with Crippen LogP contribution in [0.1, 0.15) is 63.2 Å². The van der Waals surface area contributed by atoms with Gasteiger partial charge in [-0.15, -0.1) is 11.8 Å². The molecule has 0 spiro atoms. The summed E-state index contributed by atoms with van der Waals surface area (Å²) in [5, 5.41) is 11.8. The molecule has 1 unspecified atom stereocenters. The van der Waals surface area contributed by atoms with E-state index in [1.807, 2.05) is 0 Å². The highest BCUT2D eigenvalue weighted by molar-refractivity contribution is 8.01. The van der Waals surface area contributed by atoms with Crippen LogP contribution in [0.25, 0.3) is 0 Å². The molecule has 1 aliphatic heterocycles. The lowest BCUT2D eigenvalue weighted by Gasteiger charge is -2.25. The topological polar surface area (TPSA) is 122 Å². The summed E-state index contributed by atoms with van der Waals surface area (Å²) in [6.07, 6.45) is 5.62. The van der Waals surface area contributed by atoms with E-state index in [2.05, 4.69) is 36.1 Å². The lowest BCUT2D eigenvalue weighted by Crippen LogP contribution is -2.29. The van der Waals surface area contributed by atoms with E-state index in [1.165, 1.54) is 11.3 Å². The number of thioether (sulfide) groups is 1. The molecule has 0 bridgehead atoms. The maximum Gasteiger partial charge on any atom is 0.257 e. The molecule has 1 atom stereocenters. The van der Waals surface area contributed by atoms with Gasteiger partial charge >= 0.3 is 0 Å². The van der Waals surface area contributed by atoms with Gasteiger partial charge in [-0.05, 0) is 37.1 Å². The van der Waals surface area contributed by atoms with E-state index < -0.39 is 0 Å². The van der Waals surface area contributed by atoms with Crippen LogP contribution in [0.4, 0.5) is 5.13 Å². The predicted molar refractivity (Wildman–Crippen MR) is 142 cm³/mol. The Labute approximate surface area is 220 Å². The zero-order valence-corrected chi connectivity index (χ0v) is 22.5. The first-order chi connectivity index (χ1) is 17.2. The minimum absolute atomic E-state index is 0.0607. The van der Waals surface area contributed by atoms with Crippen LogP contribution in [-0.4, -0.2) is 52.9 Å². The number of anilines is 1. The predicted octanol–water partition coefficient (Wildman–Crippen LogP) is 5.17. The number of benzene rings is 1. The van der Waals surface area contributed by atoms with Gasteiger partial charge in [-0.3, -0.25) is 25.1 Å². The van der Waals surface area contributed by atoms with Crippen molar-refractivity contribution in [2.45, 2.75) is 63.2 Å². The van der Waals surface area contributed by atoms with Crippen LogP contribution >= 0.6 is 23.1 Å². The molecule has 1 aliphatic rings. The third-order valence-corrected chi connectivity index (χ3v) is 7.62. The minimum Gasteiger partial charge on any atom is -0.494 e. The monoisotopic (exact) mass is 534 g/mol. The first-order valence-electron chi connectivity index (χ1n) is 12.0. The van der Waals surface area contributed by atoms with Crippen molar-refractivity contribution in [3.05, 3.63) is 36.0 Å². The van der Waals surface area contributed by atoms with Gasteiger partial charge in [-0.2, -0.15) is 0 Å². The molecular weight excluding hydrogens is 500 g/mol. The number of unbranched alkanes of at least 4 members (excludes halogenated alkanes) is 3. The summed E-state index contributed by atoms with van der Waals surface area (Å²) < 4.78 is 12.7. The fraction of sp³-hybridized carbons (Fsp3) is 0.520. The quantitative estimate of drug-likeness (QED) is 0.140. The number of aromatic nitrogens is 1. The van der Waals surface area contributed by atoms with Gasteiger partial charge in [-0.1, -0.05) is 44.9 Å². The van der Waals surface area contributed by atoms with Crippen molar-refractivity contribution in [2.24, 2.45) is 10.4 Å². The summed E-state index contributed by atoms with van der Waals surface area (Å²) in [7, 11) is 0. The van der Waals surface area contributed by atoms with Crippen molar-refractivity contribution in [3.8, 4) is 5.75 Å². The zero-order valence-electron chi connectivity index (χ0n) is 20.9. The number of hydrogen-bond acceptors (Lipinski definition) is 9. The fourth-order valence-corrected chi connectivity index (χ4v) is 5.08. The minimum atomic E-state index is -0.358. The Kier molecular flexibility index (Phi) is 10.6. The van der Waals surface area contributed by atoms with Crippen LogP contribution in [0.2, 0.25) is 0 Å². The van der Waals surface area contributed by atoms with Gasteiger partial charge in [0.1, 0.15) is 11.9 Å². The summed E-state index contributed by atoms with van der Waals surface area (Å²) in [5.41, 5.74) is 2.22. The van der Waals surface area contributed by atoms with E-state index in [-0.39, 0.29) is 23.3 Å². The molecule has 2 aromatic rings. The van der Waals surface area contributed by atoms with Crippen LogP contribution in [0.15, 0.2) is 39.7 Å². The Morgan fingerprint density at radius 2 is 1.94 bits per heavy atom. The maximum atomic E-state index is 12.6. The van der Waals surface area contributed by atoms with Gasteiger partial charge in [0.25, 0.3) is 5.91 Å². The number of nitrogens with zero attached hydrogens (tertiary/aromatic N) is 2. The lowest BCUT2D eigenvalue weighted by molar-refractivity contribution is -0.129. The Morgan fingerprint density at radius 3 is 2.64 bits per heavy atom. The van der Waals surface area contributed by atoms with E-state index in [1.54, 1.807) is 47.7 Å². The van der Waals surface area contributed by atoms with Crippen LogP contribution < -0.4 is 15.5 Å². The molecule has 2 heterocycles. The fourth-order valence-electron chi connectivity index (χ4n) is 3.33. The highest BCUT2D eigenvalue weighted by Gasteiger charge is 2.31.